The minimum absolute atomic E-state index is 0.0311. The van der Waals surface area contributed by atoms with E-state index in [1.54, 1.807) is 0 Å². The summed E-state index contributed by atoms with van der Waals surface area (Å²) in [5.41, 5.74) is 7.54. The first kappa shape index (κ1) is 23.6. The summed E-state index contributed by atoms with van der Waals surface area (Å²) in [7, 11) is -4.09. The fourth-order valence-electron chi connectivity index (χ4n) is 4.75. The van der Waals surface area contributed by atoms with Crippen LogP contribution < -0.4 is 9.46 Å². The van der Waals surface area contributed by atoms with Crippen LogP contribution in [-0.2, 0) is 52.0 Å². The average molecular weight is 496 g/mol. The molecule has 2 aliphatic rings. The number of amides is 1. The van der Waals surface area contributed by atoms with Crippen LogP contribution in [0, 0.1) is 6.92 Å². The first-order valence-electron chi connectivity index (χ1n) is 11.9. The Bertz CT molecular complexity index is 1370. The number of carbonyl (C=O) groups is 1. The van der Waals surface area contributed by atoms with E-state index in [1.807, 2.05) is 13.8 Å². The third kappa shape index (κ3) is 4.83. The molecule has 5 rings (SSSR count). The number of aromatic nitrogens is 2. The molecule has 0 atom stereocenters. The average Bonchev–Trinajstić information content (AvgIpc) is 3.30. The molecule has 2 aromatic carbocycles. The van der Waals surface area contributed by atoms with E-state index in [9.17, 15) is 13.2 Å². The fourth-order valence-corrected chi connectivity index (χ4v) is 5.69. The monoisotopic (exact) mass is 495 g/mol. The molecule has 0 aliphatic carbocycles. The molecule has 1 aromatic heterocycles. The zero-order chi connectivity index (χ0) is 24.6. The summed E-state index contributed by atoms with van der Waals surface area (Å²) in [6, 6.07) is 12.0. The quantitative estimate of drug-likeness (QED) is 0.563. The smallest absolute Gasteiger partial charge is 0.283 e. The van der Waals surface area contributed by atoms with E-state index in [4.69, 9.17) is 9.47 Å². The number of aryl methyl sites for hydroxylation is 3. The molecule has 184 valence electrons. The van der Waals surface area contributed by atoms with Crippen molar-refractivity contribution in [1.82, 2.24) is 14.5 Å². The molecule has 0 spiro atoms. The van der Waals surface area contributed by atoms with Crippen molar-refractivity contribution >= 4 is 15.9 Å². The Labute approximate surface area is 205 Å². The predicted octanol–water partition coefficient (Wildman–Crippen LogP) is 3.32. The molecule has 35 heavy (non-hydrogen) atoms. The summed E-state index contributed by atoms with van der Waals surface area (Å²) in [6.07, 6.45) is 2.38. The van der Waals surface area contributed by atoms with Crippen LogP contribution in [0.5, 0.6) is 5.88 Å². The summed E-state index contributed by atoms with van der Waals surface area (Å²) in [5.74, 6) is -0.189. The highest BCUT2D eigenvalue weighted by atomic mass is 32.2. The van der Waals surface area contributed by atoms with Crippen LogP contribution in [0.25, 0.3) is 11.1 Å². The van der Waals surface area contributed by atoms with Gasteiger partial charge in [0.1, 0.15) is 0 Å². The summed E-state index contributed by atoms with van der Waals surface area (Å²) in [5, 5.41) is 3.88. The van der Waals surface area contributed by atoms with Crippen LogP contribution in [0.15, 0.2) is 41.4 Å². The van der Waals surface area contributed by atoms with Gasteiger partial charge in [0, 0.05) is 19.0 Å². The van der Waals surface area contributed by atoms with Gasteiger partial charge in [-0.1, -0.05) is 31.2 Å². The molecular formula is C26H29N3O5S. The first-order chi connectivity index (χ1) is 16.8. The number of carbonyl (C=O) groups excluding carboxylic acids is 1. The normalized spacial score (nSPS) is 15.1. The van der Waals surface area contributed by atoms with Crippen molar-refractivity contribution in [2.75, 3.05) is 13.2 Å². The lowest BCUT2D eigenvalue weighted by Gasteiger charge is -2.19. The predicted molar refractivity (Wildman–Crippen MR) is 131 cm³/mol. The number of rotatable bonds is 6. The van der Waals surface area contributed by atoms with Gasteiger partial charge in [0.25, 0.3) is 10.0 Å². The molecule has 9 heteroatoms. The number of fused-ring (bicyclic) bond motifs is 2. The molecule has 1 N–H and O–H groups in total. The Morgan fingerprint density at radius 1 is 1.11 bits per heavy atom. The SMILES string of the molecule is CCc1cc(-c2ccc3c(c2)COCC3)cc(C)c1CC(=O)NS(=O)(=O)c1cc2n(n1)CCCO2. The van der Waals surface area contributed by atoms with Crippen LogP contribution >= 0.6 is 0 Å². The second-order valence-electron chi connectivity index (χ2n) is 9.02. The highest BCUT2D eigenvalue weighted by Crippen LogP contribution is 2.30. The van der Waals surface area contributed by atoms with Gasteiger partial charge < -0.3 is 9.47 Å². The minimum Gasteiger partial charge on any atom is -0.478 e. The number of nitrogens with one attached hydrogen (secondary N) is 1. The van der Waals surface area contributed by atoms with Crippen molar-refractivity contribution in [3.8, 4) is 17.0 Å². The first-order valence-corrected chi connectivity index (χ1v) is 13.4. The molecule has 0 saturated carbocycles. The molecule has 3 aromatic rings. The van der Waals surface area contributed by atoms with Gasteiger partial charge >= 0.3 is 0 Å². The van der Waals surface area contributed by atoms with Crippen LogP contribution in [0.1, 0.15) is 41.2 Å². The van der Waals surface area contributed by atoms with Crippen molar-refractivity contribution in [2.24, 2.45) is 0 Å². The van der Waals surface area contributed by atoms with Crippen molar-refractivity contribution in [2.45, 2.75) is 57.7 Å². The molecule has 3 heterocycles. The number of sulfonamides is 1. The van der Waals surface area contributed by atoms with Gasteiger partial charge in [0.15, 0.2) is 0 Å². The van der Waals surface area contributed by atoms with Gasteiger partial charge in [0.05, 0.1) is 26.2 Å². The van der Waals surface area contributed by atoms with Crippen molar-refractivity contribution in [1.29, 1.82) is 0 Å². The summed E-state index contributed by atoms with van der Waals surface area (Å²) in [6.45, 7) is 6.48. The molecule has 0 radical (unpaired) electrons. The van der Waals surface area contributed by atoms with E-state index in [0.29, 0.717) is 25.6 Å². The number of benzene rings is 2. The van der Waals surface area contributed by atoms with Crippen LogP contribution in [-0.4, -0.2) is 37.3 Å². The van der Waals surface area contributed by atoms with Crippen molar-refractivity contribution < 1.29 is 22.7 Å². The molecule has 0 bridgehead atoms. The highest BCUT2D eigenvalue weighted by molar-refractivity contribution is 7.90. The maximum Gasteiger partial charge on any atom is 0.283 e. The van der Waals surface area contributed by atoms with Gasteiger partial charge in [0.2, 0.25) is 16.8 Å². The van der Waals surface area contributed by atoms with Gasteiger partial charge in [-0.05, 0) is 64.8 Å². The van der Waals surface area contributed by atoms with Gasteiger partial charge in [-0.15, -0.1) is 0 Å². The second-order valence-corrected chi connectivity index (χ2v) is 10.7. The third-order valence-electron chi connectivity index (χ3n) is 6.60. The number of ether oxygens (including phenoxy) is 2. The minimum atomic E-state index is -4.09. The van der Waals surface area contributed by atoms with E-state index >= 15 is 0 Å². The summed E-state index contributed by atoms with van der Waals surface area (Å²) in [4.78, 5) is 12.8. The Hall–Kier alpha value is -3.17. The molecular weight excluding hydrogens is 466 g/mol. The lowest BCUT2D eigenvalue weighted by Crippen LogP contribution is -2.32. The zero-order valence-corrected chi connectivity index (χ0v) is 20.8. The van der Waals surface area contributed by atoms with E-state index in [2.05, 4.69) is 40.2 Å². The van der Waals surface area contributed by atoms with Gasteiger partial charge in [-0.3, -0.25) is 4.79 Å². The Balaban J connectivity index is 1.36. The molecule has 0 unspecified atom stereocenters. The lowest BCUT2D eigenvalue weighted by atomic mass is 9.90. The maximum absolute atomic E-state index is 12.8. The van der Waals surface area contributed by atoms with E-state index in [-0.39, 0.29) is 11.4 Å². The molecule has 1 amide bonds. The van der Waals surface area contributed by atoms with E-state index in [0.717, 1.165) is 53.7 Å². The van der Waals surface area contributed by atoms with Gasteiger partial charge in [-0.2, -0.15) is 13.5 Å². The van der Waals surface area contributed by atoms with Crippen LogP contribution in [0.3, 0.4) is 0 Å². The summed E-state index contributed by atoms with van der Waals surface area (Å²) >= 11 is 0. The Morgan fingerprint density at radius 3 is 2.77 bits per heavy atom. The van der Waals surface area contributed by atoms with Crippen LogP contribution in [0.4, 0.5) is 0 Å². The Kier molecular flexibility index (Phi) is 6.37. The van der Waals surface area contributed by atoms with Gasteiger partial charge in [-0.25, -0.2) is 9.40 Å². The van der Waals surface area contributed by atoms with Crippen molar-refractivity contribution in [3.05, 3.63) is 64.2 Å². The van der Waals surface area contributed by atoms with E-state index in [1.165, 1.54) is 21.9 Å². The number of hydrogen-bond donors (Lipinski definition) is 1. The summed E-state index contributed by atoms with van der Waals surface area (Å²) < 4.78 is 40.3. The zero-order valence-electron chi connectivity index (χ0n) is 20.0. The van der Waals surface area contributed by atoms with Crippen LogP contribution in [0.2, 0.25) is 0 Å². The maximum atomic E-state index is 12.8. The Morgan fingerprint density at radius 2 is 1.97 bits per heavy atom. The topological polar surface area (TPSA) is 99.5 Å². The van der Waals surface area contributed by atoms with E-state index < -0.39 is 15.9 Å². The van der Waals surface area contributed by atoms with Crippen molar-refractivity contribution in [3.63, 3.8) is 0 Å². The highest BCUT2D eigenvalue weighted by Gasteiger charge is 2.25. The second kappa shape index (κ2) is 9.47. The lowest BCUT2D eigenvalue weighted by molar-refractivity contribution is -0.118. The molecule has 0 saturated heterocycles. The number of nitrogens with zero attached hydrogens (tertiary/aromatic N) is 2. The molecule has 8 nitrogen and oxygen atoms in total. The standard InChI is InChI=1S/C26H29N3O5S/c1-3-18-12-21(20-6-5-19-7-10-33-16-22(19)13-20)11-17(2)23(18)14-24(30)28-35(31,32)25-15-26-29(27-25)8-4-9-34-26/h5-6,11-13,15H,3-4,7-10,14,16H2,1-2H3,(H,28,30). The molecule has 2 aliphatic heterocycles. The fraction of sp³-hybridized carbons (Fsp3) is 0.385. The third-order valence-corrected chi connectivity index (χ3v) is 7.85. The largest absolute Gasteiger partial charge is 0.478 e. The molecule has 0 fully saturated rings. The number of hydrogen-bond acceptors (Lipinski definition) is 6.